The molecule has 4 rings (SSSR count). The first-order valence-corrected chi connectivity index (χ1v) is 7.49. The molecular formula is C17H10F3N5O. The maximum Gasteiger partial charge on any atom is 0.251 e. The highest BCUT2D eigenvalue weighted by Crippen LogP contribution is 2.21. The van der Waals surface area contributed by atoms with Crippen molar-refractivity contribution in [1.29, 1.82) is 0 Å². The molecule has 0 spiro atoms. The Morgan fingerprint density at radius 2 is 1.92 bits per heavy atom. The second-order valence-electron chi connectivity index (χ2n) is 5.35. The number of hydrogen-bond acceptors (Lipinski definition) is 5. The molecule has 0 aliphatic carbocycles. The van der Waals surface area contributed by atoms with Crippen molar-refractivity contribution >= 4 is 5.78 Å². The number of ether oxygens (including phenoxy) is 1. The number of benzene rings is 1. The molecule has 0 saturated carbocycles. The van der Waals surface area contributed by atoms with Crippen molar-refractivity contribution < 1.29 is 17.9 Å². The van der Waals surface area contributed by atoms with Gasteiger partial charge in [-0.1, -0.05) is 0 Å². The number of pyridine rings is 1. The number of nitrogens with zero attached hydrogens (tertiary/aromatic N) is 5. The Labute approximate surface area is 144 Å². The lowest BCUT2D eigenvalue weighted by molar-refractivity contribution is 0.299. The van der Waals surface area contributed by atoms with E-state index in [1.807, 2.05) is 0 Å². The van der Waals surface area contributed by atoms with E-state index in [0.717, 1.165) is 18.2 Å². The fourth-order valence-electron chi connectivity index (χ4n) is 2.35. The molecular weight excluding hydrogens is 347 g/mol. The summed E-state index contributed by atoms with van der Waals surface area (Å²) in [4.78, 5) is 11.8. The summed E-state index contributed by atoms with van der Waals surface area (Å²) in [6.45, 7) is 0.0642. The smallest absolute Gasteiger partial charge is 0.251 e. The van der Waals surface area contributed by atoms with Crippen molar-refractivity contribution in [3.05, 3.63) is 72.2 Å². The van der Waals surface area contributed by atoms with Gasteiger partial charge in [0.2, 0.25) is 5.95 Å². The lowest BCUT2D eigenvalue weighted by atomic mass is 10.1. The fourth-order valence-corrected chi connectivity index (χ4v) is 2.35. The average molecular weight is 357 g/mol. The molecule has 9 heteroatoms. The van der Waals surface area contributed by atoms with E-state index in [1.54, 1.807) is 6.20 Å². The van der Waals surface area contributed by atoms with E-state index in [4.69, 9.17) is 4.74 Å². The van der Waals surface area contributed by atoms with Crippen LogP contribution in [0.4, 0.5) is 13.2 Å². The van der Waals surface area contributed by atoms with Crippen LogP contribution in [0.3, 0.4) is 0 Å². The Morgan fingerprint density at radius 1 is 1.04 bits per heavy atom. The van der Waals surface area contributed by atoms with Crippen molar-refractivity contribution in [2.45, 2.75) is 6.61 Å². The number of imidazole rings is 1. The number of fused-ring (bicyclic) bond motifs is 1. The van der Waals surface area contributed by atoms with Crippen molar-refractivity contribution in [3.63, 3.8) is 0 Å². The largest absolute Gasteiger partial charge is 0.487 e. The van der Waals surface area contributed by atoms with Gasteiger partial charge in [0.25, 0.3) is 5.78 Å². The maximum absolute atomic E-state index is 13.9. The summed E-state index contributed by atoms with van der Waals surface area (Å²) < 4.78 is 46.8. The van der Waals surface area contributed by atoms with Gasteiger partial charge in [-0.05, 0) is 18.2 Å². The predicted octanol–water partition coefficient (Wildman–Crippen LogP) is 3.18. The number of aromatic nitrogens is 5. The highest BCUT2D eigenvalue weighted by Gasteiger charge is 2.11. The fraction of sp³-hybridized carbons (Fsp3) is 0.0588. The molecule has 0 unspecified atom stereocenters. The monoisotopic (exact) mass is 357 g/mol. The minimum atomic E-state index is -0.734. The van der Waals surface area contributed by atoms with Crippen LogP contribution in [-0.2, 0) is 6.61 Å². The van der Waals surface area contributed by atoms with Crippen molar-refractivity contribution in [3.8, 4) is 17.0 Å². The molecule has 1 aromatic carbocycles. The zero-order valence-electron chi connectivity index (χ0n) is 13.1. The first kappa shape index (κ1) is 16.0. The lowest BCUT2D eigenvalue weighted by Gasteiger charge is -2.02. The molecule has 130 valence electrons. The minimum Gasteiger partial charge on any atom is -0.487 e. The minimum absolute atomic E-state index is 0.0642. The van der Waals surface area contributed by atoms with Gasteiger partial charge in [-0.3, -0.25) is 0 Å². The molecule has 4 aromatic rings. The number of rotatable bonds is 4. The molecule has 0 atom stereocenters. The summed E-state index contributed by atoms with van der Waals surface area (Å²) in [5.74, 6) is -1.45. The van der Waals surface area contributed by atoms with E-state index in [2.05, 4.69) is 20.1 Å². The second-order valence-corrected chi connectivity index (χ2v) is 5.35. The molecule has 0 aliphatic heterocycles. The molecule has 0 aliphatic rings. The van der Waals surface area contributed by atoms with Crippen LogP contribution in [0.15, 0.2) is 48.9 Å². The topological polar surface area (TPSA) is 65.2 Å². The predicted molar refractivity (Wildman–Crippen MR) is 84.7 cm³/mol. The number of halogens is 3. The Balaban J connectivity index is 1.59. The van der Waals surface area contributed by atoms with Gasteiger partial charge in [0.05, 0.1) is 12.4 Å². The van der Waals surface area contributed by atoms with Crippen molar-refractivity contribution in [2.24, 2.45) is 0 Å². The second kappa shape index (κ2) is 6.43. The third kappa shape index (κ3) is 3.18. The molecule has 0 bridgehead atoms. The van der Waals surface area contributed by atoms with E-state index >= 15 is 0 Å². The number of hydrogen-bond donors (Lipinski definition) is 0. The highest BCUT2D eigenvalue weighted by molar-refractivity contribution is 5.59. The van der Waals surface area contributed by atoms with E-state index < -0.39 is 17.6 Å². The van der Waals surface area contributed by atoms with Gasteiger partial charge < -0.3 is 4.74 Å². The highest BCUT2D eigenvalue weighted by atomic mass is 19.1. The molecule has 0 saturated heterocycles. The molecule has 0 fully saturated rings. The van der Waals surface area contributed by atoms with Crippen molar-refractivity contribution in [1.82, 2.24) is 24.6 Å². The summed E-state index contributed by atoms with van der Waals surface area (Å²) >= 11 is 0. The van der Waals surface area contributed by atoms with Gasteiger partial charge in [0.15, 0.2) is 0 Å². The maximum atomic E-state index is 13.9. The van der Waals surface area contributed by atoms with Crippen LogP contribution in [0.25, 0.3) is 17.0 Å². The van der Waals surface area contributed by atoms with Crippen molar-refractivity contribution in [2.75, 3.05) is 0 Å². The zero-order valence-corrected chi connectivity index (χ0v) is 13.1. The van der Waals surface area contributed by atoms with Gasteiger partial charge in [-0.2, -0.15) is 9.49 Å². The van der Waals surface area contributed by atoms with Gasteiger partial charge >= 0.3 is 0 Å². The van der Waals surface area contributed by atoms with Gasteiger partial charge in [-0.25, -0.2) is 28.2 Å². The van der Waals surface area contributed by atoms with E-state index in [9.17, 15) is 13.2 Å². The Kier molecular flexibility index (Phi) is 3.96. The van der Waals surface area contributed by atoms with Crippen LogP contribution in [0.2, 0.25) is 0 Å². The van der Waals surface area contributed by atoms with E-state index in [0.29, 0.717) is 11.4 Å². The van der Waals surface area contributed by atoms with Gasteiger partial charge in [0, 0.05) is 23.9 Å². The third-order valence-corrected chi connectivity index (χ3v) is 3.53. The SMILES string of the molecule is Fc1ccc(-c2cnc3nc(COc4ccnc(F)c4)cn3n2)c(F)c1. The Bertz CT molecular complexity index is 1100. The molecule has 6 nitrogen and oxygen atoms in total. The van der Waals surface area contributed by atoms with Crippen LogP contribution in [0, 0.1) is 17.6 Å². The van der Waals surface area contributed by atoms with Crippen LogP contribution in [-0.4, -0.2) is 24.6 Å². The summed E-state index contributed by atoms with van der Waals surface area (Å²) in [6, 6.07) is 5.89. The standard InChI is InChI=1S/C17H10F3N5O/c18-10-1-2-13(14(19)5-10)15-7-22-17-23-11(8-25(17)24-15)9-26-12-3-4-21-16(20)6-12/h1-8H,9H2. The summed E-state index contributed by atoms with van der Waals surface area (Å²) in [5, 5.41) is 4.23. The van der Waals surface area contributed by atoms with Crippen LogP contribution in [0.5, 0.6) is 5.75 Å². The summed E-state index contributed by atoms with van der Waals surface area (Å²) in [6.07, 6.45) is 4.20. The summed E-state index contributed by atoms with van der Waals surface area (Å²) in [5.41, 5.74) is 0.856. The quantitative estimate of drug-likeness (QED) is 0.525. The lowest BCUT2D eigenvalue weighted by Crippen LogP contribution is -1.98. The summed E-state index contributed by atoms with van der Waals surface area (Å²) in [7, 11) is 0. The zero-order chi connectivity index (χ0) is 18.1. The normalized spacial score (nSPS) is 11.0. The Morgan fingerprint density at radius 3 is 2.73 bits per heavy atom. The average Bonchev–Trinajstić information content (AvgIpc) is 3.02. The van der Waals surface area contributed by atoms with E-state index in [-0.39, 0.29) is 23.6 Å². The molecule has 0 radical (unpaired) electrons. The first-order valence-electron chi connectivity index (χ1n) is 7.49. The van der Waals surface area contributed by atoms with Crippen LogP contribution < -0.4 is 4.74 Å². The third-order valence-electron chi connectivity index (χ3n) is 3.53. The van der Waals surface area contributed by atoms with Crippen LogP contribution >= 0.6 is 0 Å². The molecule has 0 amide bonds. The van der Waals surface area contributed by atoms with Crippen LogP contribution in [0.1, 0.15) is 5.69 Å². The van der Waals surface area contributed by atoms with E-state index in [1.165, 1.54) is 29.0 Å². The molecule has 26 heavy (non-hydrogen) atoms. The Hall–Kier alpha value is -3.49. The molecule has 3 heterocycles. The molecule has 3 aromatic heterocycles. The van der Waals surface area contributed by atoms with Gasteiger partial charge in [0.1, 0.15) is 35.4 Å². The molecule has 0 N–H and O–H groups in total. The van der Waals surface area contributed by atoms with Gasteiger partial charge in [-0.15, -0.1) is 0 Å². The first-order chi connectivity index (χ1) is 12.6.